The molecule has 0 aliphatic heterocycles. The van der Waals surface area contributed by atoms with Crippen molar-refractivity contribution >= 4 is 38.9 Å². The molecule has 3 nitrogen and oxygen atoms in total. The van der Waals surface area contributed by atoms with Gasteiger partial charge in [-0.1, -0.05) is 65.7 Å². The number of benzene rings is 3. The maximum Gasteiger partial charge on any atom is 0.263 e. The van der Waals surface area contributed by atoms with E-state index in [-0.39, 0.29) is 9.92 Å². The van der Waals surface area contributed by atoms with Gasteiger partial charge in [-0.15, -0.1) is 0 Å². The van der Waals surface area contributed by atoms with Gasteiger partial charge in [0.1, 0.15) is 4.90 Å². The van der Waals surface area contributed by atoms with E-state index in [9.17, 15) is 8.42 Å². The summed E-state index contributed by atoms with van der Waals surface area (Å²) < 4.78 is 27.7. The van der Waals surface area contributed by atoms with Crippen LogP contribution in [-0.4, -0.2) is 8.42 Å². The average Bonchev–Trinajstić information content (AvgIpc) is 2.58. The highest BCUT2D eigenvalue weighted by atomic mass is 35.5. The van der Waals surface area contributed by atoms with Crippen LogP contribution in [-0.2, 0) is 16.4 Å². The highest BCUT2D eigenvalue weighted by molar-refractivity contribution is 7.92. The van der Waals surface area contributed by atoms with E-state index in [1.807, 2.05) is 48.5 Å². The van der Waals surface area contributed by atoms with Gasteiger partial charge in [0.25, 0.3) is 10.0 Å². The van der Waals surface area contributed by atoms with Crippen LogP contribution in [0.25, 0.3) is 0 Å². The zero-order chi connectivity index (χ0) is 17.9. The summed E-state index contributed by atoms with van der Waals surface area (Å²) in [6.45, 7) is 0. The number of hydrogen-bond donors (Lipinski definition) is 1. The van der Waals surface area contributed by atoms with Gasteiger partial charge in [0.2, 0.25) is 0 Å². The quantitative estimate of drug-likeness (QED) is 0.633. The van der Waals surface area contributed by atoms with Crippen LogP contribution in [0.4, 0.5) is 5.69 Å². The maximum atomic E-state index is 12.6. The summed E-state index contributed by atoms with van der Waals surface area (Å²) in [5.41, 5.74) is 2.63. The summed E-state index contributed by atoms with van der Waals surface area (Å²) in [6, 6.07) is 21.6. The molecule has 6 heteroatoms. The fourth-order valence-corrected chi connectivity index (χ4v) is 4.28. The Bertz CT molecular complexity index is 989. The zero-order valence-electron chi connectivity index (χ0n) is 13.1. The van der Waals surface area contributed by atoms with Crippen molar-refractivity contribution in [2.75, 3.05) is 4.72 Å². The smallest absolute Gasteiger partial charge is 0.263 e. The number of sulfonamides is 1. The molecule has 0 atom stereocenters. The third kappa shape index (κ3) is 4.54. The predicted molar refractivity (Wildman–Crippen MR) is 103 cm³/mol. The number of nitrogens with one attached hydrogen (secondary N) is 1. The van der Waals surface area contributed by atoms with Crippen LogP contribution in [0.1, 0.15) is 11.1 Å². The van der Waals surface area contributed by atoms with E-state index in [2.05, 4.69) is 4.72 Å². The maximum absolute atomic E-state index is 12.6. The predicted octanol–water partition coefficient (Wildman–Crippen LogP) is 5.39. The molecule has 0 spiro atoms. The Kier molecular flexibility index (Phi) is 5.33. The highest BCUT2D eigenvalue weighted by Gasteiger charge is 2.18. The Hall–Kier alpha value is -2.01. The van der Waals surface area contributed by atoms with E-state index in [1.165, 1.54) is 12.1 Å². The van der Waals surface area contributed by atoms with E-state index in [0.717, 1.165) is 11.1 Å². The Labute approximate surface area is 157 Å². The molecule has 0 saturated carbocycles. The highest BCUT2D eigenvalue weighted by Crippen LogP contribution is 2.27. The van der Waals surface area contributed by atoms with Crippen molar-refractivity contribution < 1.29 is 8.42 Å². The number of rotatable bonds is 5. The minimum Gasteiger partial charge on any atom is -0.280 e. The zero-order valence-corrected chi connectivity index (χ0v) is 15.4. The lowest BCUT2D eigenvalue weighted by molar-refractivity contribution is 0.601. The van der Waals surface area contributed by atoms with Crippen LogP contribution in [0.15, 0.2) is 77.7 Å². The Morgan fingerprint density at radius 3 is 2.28 bits per heavy atom. The van der Waals surface area contributed by atoms with Crippen molar-refractivity contribution in [3.05, 3.63) is 94.0 Å². The third-order valence-corrected chi connectivity index (χ3v) is 5.71. The van der Waals surface area contributed by atoms with Gasteiger partial charge in [0, 0.05) is 10.7 Å². The number of halogens is 2. The molecule has 0 bridgehead atoms. The van der Waals surface area contributed by atoms with Crippen LogP contribution in [0.5, 0.6) is 0 Å². The standard InChI is InChI=1S/C19H15Cl2NO2S/c20-16-9-10-18(21)19(13-16)25(23,24)22-17-8-4-7-15(12-17)11-14-5-2-1-3-6-14/h1-10,12-13,22H,11H2. The minimum absolute atomic E-state index is 0.0462. The average molecular weight is 392 g/mol. The van der Waals surface area contributed by atoms with E-state index in [0.29, 0.717) is 17.1 Å². The second-order valence-corrected chi connectivity index (χ2v) is 8.04. The van der Waals surface area contributed by atoms with Crippen molar-refractivity contribution in [2.45, 2.75) is 11.3 Å². The molecule has 3 aromatic carbocycles. The van der Waals surface area contributed by atoms with Crippen LogP contribution in [0, 0.1) is 0 Å². The molecular weight excluding hydrogens is 377 g/mol. The molecule has 0 fully saturated rings. The molecule has 0 amide bonds. The molecule has 0 aliphatic carbocycles. The van der Waals surface area contributed by atoms with E-state index in [1.54, 1.807) is 12.1 Å². The second-order valence-electron chi connectivity index (χ2n) is 5.54. The van der Waals surface area contributed by atoms with Gasteiger partial charge in [-0.25, -0.2) is 8.42 Å². The summed E-state index contributed by atoms with van der Waals surface area (Å²) in [6.07, 6.45) is 0.717. The van der Waals surface area contributed by atoms with Crippen molar-refractivity contribution in [1.82, 2.24) is 0 Å². The first-order chi connectivity index (χ1) is 11.9. The van der Waals surface area contributed by atoms with Gasteiger partial charge in [-0.05, 0) is 47.9 Å². The van der Waals surface area contributed by atoms with Crippen LogP contribution >= 0.6 is 23.2 Å². The van der Waals surface area contributed by atoms with E-state index in [4.69, 9.17) is 23.2 Å². The summed E-state index contributed by atoms with van der Waals surface area (Å²) in [5.74, 6) is 0. The molecule has 0 unspecified atom stereocenters. The Morgan fingerprint density at radius 2 is 1.52 bits per heavy atom. The van der Waals surface area contributed by atoms with Gasteiger partial charge in [-0.3, -0.25) is 4.72 Å². The van der Waals surface area contributed by atoms with Crippen molar-refractivity contribution in [1.29, 1.82) is 0 Å². The molecule has 25 heavy (non-hydrogen) atoms. The summed E-state index contributed by atoms with van der Waals surface area (Å²) in [5, 5.41) is 0.431. The molecule has 0 aliphatic rings. The van der Waals surface area contributed by atoms with Gasteiger partial charge < -0.3 is 0 Å². The molecule has 0 aromatic heterocycles. The fourth-order valence-electron chi connectivity index (χ4n) is 2.47. The molecular formula is C19H15Cl2NO2S. The first kappa shape index (κ1) is 17.8. The molecule has 1 N–H and O–H groups in total. The lowest BCUT2D eigenvalue weighted by Crippen LogP contribution is -2.13. The van der Waals surface area contributed by atoms with Crippen molar-refractivity contribution in [3.8, 4) is 0 Å². The van der Waals surface area contributed by atoms with Crippen molar-refractivity contribution in [3.63, 3.8) is 0 Å². The molecule has 0 saturated heterocycles. The second kappa shape index (κ2) is 7.48. The topological polar surface area (TPSA) is 46.2 Å². The van der Waals surface area contributed by atoms with Crippen LogP contribution < -0.4 is 4.72 Å². The summed E-state index contributed by atoms with van der Waals surface area (Å²) in [4.78, 5) is -0.0462. The fraction of sp³-hybridized carbons (Fsp3) is 0.0526. The summed E-state index contributed by atoms with van der Waals surface area (Å²) in [7, 11) is -3.82. The third-order valence-electron chi connectivity index (χ3n) is 3.61. The van der Waals surface area contributed by atoms with Crippen LogP contribution in [0.3, 0.4) is 0 Å². The normalized spacial score (nSPS) is 11.3. The first-order valence-electron chi connectivity index (χ1n) is 7.55. The van der Waals surface area contributed by atoms with Crippen LogP contribution in [0.2, 0.25) is 10.0 Å². The van der Waals surface area contributed by atoms with Gasteiger partial charge in [-0.2, -0.15) is 0 Å². The van der Waals surface area contributed by atoms with Crippen molar-refractivity contribution in [2.24, 2.45) is 0 Å². The number of hydrogen-bond acceptors (Lipinski definition) is 2. The molecule has 3 rings (SSSR count). The van der Waals surface area contributed by atoms with E-state index >= 15 is 0 Å². The summed E-state index contributed by atoms with van der Waals surface area (Å²) >= 11 is 11.9. The largest absolute Gasteiger partial charge is 0.280 e. The minimum atomic E-state index is -3.82. The van der Waals surface area contributed by atoms with E-state index < -0.39 is 10.0 Å². The lowest BCUT2D eigenvalue weighted by atomic mass is 10.0. The van der Waals surface area contributed by atoms with Gasteiger partial charge >= 0.3 is 0 Å². The van der Waals surface area contributed by atoms with Gasteiger partial charge in [0.15, 0.2) is 0 Å². The molecule has 0 heterocycles. The van der Waals surface area contributed by atoms with Gasteiger partial charge in [0.05, 0.1) is 5.02 Å². The first-order valence-corrected chi connectivity index (χ1v) is 9.79. The molecule has 0 radical (unpaired) electrons. The number of anilines is 1. The SMILES string of the molecule is O=S(=O)(Nc1cccc(Cc2ccccc2)c1)c1cc(Cl)ccc1Cl. The molecule has 3 aromatic rings. The lowest BCUT2D eigenvalue weighted by Gasteiger charge is -2.11. The Balaban J connectivity index is 1.85. The Morgan fingerprint density at radius 1 is 0.800 bits per heavy atom. The molecule has 128 valence electrons. The monoisotopic (exact) mass is 391 g/mol.